The third-order valence-electron chi connectivity index (χ3n) is 7.18. The van der Waals surface area contributed by atoms with Gasteiger partial charge in [0.15, 0.2) is 6.10 Å². The second-order valence-electron chi connectivity index (χ2n) is 12.3. The van der Waals surface area contributed by atoms with E-state index in [1.807, 2.05) is 66.8 Å². The molecule has 56 heavy (non-hydrogen) atoms. The first kappa shape index (κ1) is 52.1. The molecule has 0 saturated heterocycles. The van der Waals surface area contributed by atoms with Gasteiger partial charge in [0.2, 0.25) is 0 Å². The van der Waals surface area contributed by atoms with Gasteiger partial charge in [-0.3, -0.25) is 18.6 Å². The van der Waals surface area contributed by atoms with E-state index in [-0.39, 0.29) is 19.4 Å². The van der Waals surface area contributed by atoms with Crippen LogP contribution in [0.25, 0.3) is 0 Å². The number of carbonyl (C=O) groups is 2. The van der Waals surface area contributed by atoms with Crippen molar-refractivity contribution in [1.29, 1.82) is 0 Å². The Morgan fingerprint density at radius 2 is 0.982 bits per heavy atom. The Bertz CT molecular complexity index is 1380. The molecular weight excluding hydrogens is 731 g/mol. The number of aliphatic hydroxyl groups is 2. The number of hydrogen-bond acceptors (Lipinski definition) is 9. The minimum absolute atomic E-state index is 0.0659. The van der Waals surface area contributed by atoms with Gasteiger partial charge in [0.05, 0.1) is 19.8 Å². The molecule has 0 radical (unpaired) electrons. The summed E-state index contributed by atoms with van der Waals surface area (Å²) in [5.74, 6) is -1.10. The second-order valence-corrected chi connectivity index (χ2v) is 13.8. The van der Waals surface area contributed by atoms with Crippen molar-refractivity contribution in [2.24, 2.45) is 0 Å². The SMILES string of the molecule is CC/C=C/C=C/C=C/C=C/C=C/CCCC(=O)OC(COC(=O)CCC/C=C/C/C=C/C/C=C/C/C=C/C/C=C/C/C=C/CC)COP(=O)(O)OC[C@H](O)CO. The zero-order valence-corrected chi connectivity index (χ0v) is 34.4. The van der Waals surface area contributed by atoms with E-state index in [1.165, 1.54) is 0 Å². The summed E-state index contributed by atoms with van der Waals surface area (Å²) in [7, 11) is -4.66. The maximum Gasteiger partial charge on any atom is 0.472 e. The fourth-order valence-electron chi connectivity index (χ4n) is 4.21. The van der Waals surface area contributed by atoms with Crippen LogP contribution in [-0.2, 0) is 32.7 Å². The van der Waals surface area contributed by atoms with Gasteiger partial charge in [0, 0.05) is 12.8 Å². The average Bonchev–Trinajstić information content (AvgIpc) is 3.19. The highest BCUT2D eigenvalue weighted by atomic mass is 31.2. The molecule has 312 valence electrons. The smallest absolute Gasteiger partial charge is 0.462 e. The third-order valence-corrected chi connectivity index (χ3v) is 8.13. The van der Waals surface area contributed by atoms with Crippen molar-refractivity contribution in [2.45, 2.75) is 110 Å². The van der Waals surface area contributed by atoms with Crippen LogP contribution in [0, 0.1) is 0 Å². The number of unbranched alkanes of at least 4 members (excludes halogenated alkanes) is 2. The Kier molecular flexibility index (Phi) is 36.6. The largest absolute Gasteiger partial charge is 0.472 e. The molecule has 11 heteroatoms. The van der Waals surface area contributed by atoms with Crippen molar-refractivity contribution in [3.05, 3.63) is 134 Å². The molecule has 0 aromatic heterocycles. The van der Waals surface area contributed by atoms with Crippen molar-refractivity contribution in [1.82, 2.24) is 0 Å². The number of esters is 2. The molecule has 0 aliphatic carbocycles. The fourth-order valence-corrected chi connectivity index (χ4v) is 5.00. The maximum absolute atomic E-state index is 12.5. The van der Waals surface area contributed by atoms with Gasteiger partial charge in [-0.05, 0) is 70.6 Å². The second kappa shape index (κ2) is 39.3. The van der Waals surface area contributed by atoms with E-state index in [0.717, 1.165) is 44.9 Å². The Morgan fingerprint density at radius 1 is 0.554 bits per heavy atom. The molecule has 10 nitrogen and oxygen atoms in total. The lowest BCUT2D eigenvalue weighted by molar-refractivity contribution is -0.161. The quantitative estimate of drug-likeness (QED) is 0.0189. The number of hydrogen-bond donors (Lipinski definition) is 3. The predicted molar refractivity (Wildman–Crippen MR) is 228 cm³/mol. The first-order chi connectivity index (χ1) is 27.2. The molecule has 0 heterocycles. The Morgan fingerprint density at radius 3 is 1.50 bits per heavy atom. The summed E-state index contributed by atoms with van der Waals surface area (Å²) in [6.07, 6.45) is 51.6. The van der Waals surface area contributed by atoms with Gasteiger partial charge in [-0.25, -0.2) is 4.57 Å². The first-order valence-electron chi connectivity index (χ1n) is 19.7. The van der Waals surface area contributed by atoms with Crippen LogP contribution in [-0.4, -0.2) is 65.7 Å². The summed E-state index contributed by atoms with van der Waals surface area (Å²) < 4.78 is 32.5. The molecule has 0 aromatic carbocycles. The molecule has 0 bridgehead atoms. The number of phosphoric acid groups is 1. The molecule has 0 aromatic rings. The number of allylic oxidation sites excluding steroid dienone is 22. The van der Waals surface area contributed by atoms with Crippen LogP contribution in [0.5, 0.6) is 0 Å². The Hall–Kier alpha value is -3.89. The van der Waals surface area contributed by atoms with Crippen LogP contribution in [0.15, 0.2) is 134 Å². The van der Waals surface area contributed by atoms with Gasteiger partial charge < -0.3 is 24.6 Å². The monoisotopic (exact) mass is 798 g/mol. The zero-order valence-electron chi connectivity index (χ0n) is 33.5. The summed E-state index contributed by atoms with van der Waals surface area (Å²) in [6, 6.07) is 0. The summed E-state index contributed by atoms with van der Waals surface area (Å²) in [5.41, 5.74) is 0. The lowest BCUT2D eigenvalue weighted by Crippen LogP contribution is -2.29. The van der Waals surface area contributed by atoms with Crippen LogP contribution in [0.2, 0.25) is 0 Å². The molecule has 0 aliphatic heterocycles. The molecule has 0 spiro atoms. The molecule has 0 fully saturated rings. The molecular formula is C45H67O10P. The van der Waals surface area contributed by atoms with Crippen LogP contribution in [0.1, 0.15) is 97.3 Å². The van der Waals surface area contributed by atoms with Crippen molar-refractivity contribution < 1.29 is 47.8 Å². The van der Waals surface area contributed by atoms with Gasteiger partial charge in [0.25, 0.3) is 0 Å². The Labute approximate surface area is 336 Å². The molecule has 3 N–H and O–H groups in total. The average molecular weight is 799 g/mol. The van der Waals surface area contributed by atoms with Crippen LogP contribution in [0.3, 0.4) is 0 Å². The van der Waals surface area contributed by atoms with Gasteiger partial charge >= 0.3 is 19.8 Å². The van der Waals surface area contributed by atoms with E-state index in [4.69, 9.17) is 19.1 Å². The maximum atomic E-state index is 12.5. The van der Waals surface area contributed by atoms with E-state index in [0.29, 0.717) is 25.7 Å². The molecule has 0 aliphatic rings. The number of rotatable bonds is 34. The highest BCUT2D eigenvalue weighted by Gasteiger charge is 2.27. The number of carbonyl (C=O) groups excluding carboxylic acids is 2. The van der Waals surface area contributed by atoms with E-state index < -0.39 is 51.8 Å². The van der Waals surface area contributed by atoms with Gasteiger partial charge in [-0.2, -0.15) is 0 Å². The molecule has 0 rings (SSSR count). The van der Waals surface area contributed by atoms with Crippen molar-refractivity contribution >= 4 is 19.8 Å². The van der Waals surface area contributed by atoms with E-state index in [9.17, 15) is 24.2 Å². The van der Waals surface area contributed by atoms with Gasteiger partial charge in [-0.15, -0.1) is 0 Å². The highest BCUT2D eigenvalue weighted by molar-refractivity contribution is 7.47. The van der Waals surface area contributed by atoms with Gasteiger partial charge in [-0.1, -0.05) is 148 Å². The van der Waals surface area contributed by atoms with Crippen LogP contribution in [0.4, 0.5) is 0 Å². The number of ether oxygens (including phenoxy) is 2. The number of phosphoric ester groups is 1. The summed E-state index contributed by atoms with van der Waals surface area (Å²) in [6.45, 7) is 1.91. The lowest BCUT2D eigenvalue weighted by atomic mass is 10.2. The molecule has 2 unspecified atom stereocenters. The van der Waals surface area contributed by atoms with E-state index in [2.05, 4.69) is 85.2 Å². The summed E-state index contributed by atoms with van der Waals surface area (Å²) in [4.78, 5) is 34.8. The third kappa shape index (κ3) is 38.4. The van der Waals surface area contributed by atoms with E-state index >= 15 is 0 Å². The standard InChI is InChI=1S/C45H67O10P/c1-3-5-7-9-11-13-15-17-18-19-20-21-22-23-25-26-28-30-32-34-36-44(48)52-40-43(41-54-56(50,51)53-39-42(47)38-46)55-45(49)37-35-33-31-29-27-24-16-14-12-10-8-6-4-2/h5-8,10-14,16-18,20-21,23-25,27-31,42-43,46-47H,3-4,9,15,19,22,26,32-41H2,1-2H3,(H,50,51)/b7-5+,8-6+,12-10+,13-11+,16-14+,18-17+,21-20+,25-23+,27-24+,30-28+,31-29+/t42-,43?/m1/s1. The number of aliphatic hydroxyl groups excluding tert-OH is 2. The topological polar surface area (TPSA) is 149 Å². The van der Waals surface area contributed by atoms with E-state index in [1.54, 1.807) is 0 Å². The van der Waals surface area contributed by atoms with Crippen LogP contribution >= 0.6 is 7.82 Å². The summed E-state index contributed by atoms with van der Waals surface area (Å²) >= 11 is 0. The molecule has 0 saturated carbocycles. The van der Waals surface area contributed by atoms with Crippen molar-refractivity contribution in [2.75, 3.05) is 26.4 Å². The minimum atomic E-state index is -4.66. The highest BCUT2D eigenvalue weighted by Crippen LogP contribution is 2.43. The fraction of sp³-hybridized carbons (Fsp3) is 0.467. The normalized spacial score (nSPS) is 15.3. The minimum Gasteiger partial charge on any atom is -0.462 e. The first-order valence-corrected chi connectivity index (χ1v) is 21.2. The summed E-state index contributed by atoms with van der Waals surface area (Å²) in [5, 5.41) is 18.3. The zero-order chi connectivity index (χ0) is 41.2. The Balaban J connectivity index is 4.57. The van der Waals surface area contributed by atoms with Crippen LogP contribution < -0.4 is 0 Å². The molecule has 3 atom stereocenters. The van der Waals surface area contributed by atoms with Gasteiger partial charge in [0.1, 0.15) is 12.7 Å². The van der Waals surface area contributed by atoms with Crippen molar-refractivity contribution in [3.63, 3.8) is 0 Å². The van der Waals surface area contributed by atoms with Crippen molar-refractivity contribution in [3.8, 4) is 0 Å². The molecule has 0 amide bonds. The lowest BCUT2D eigenvalue weighted by Gasteiger charge is -2.20. The predicted octanol–water partition coefficient (Wildman–Crippen LogP) is 10.2.